The number of aryl methyl sites for hydroxylation is 2. The van der Waals surface area contributed by atoms with Gasteiger partial charge in [-0.2, -0.15) is 0 Å². The van der Waals surface area contributed by atoms with E-state index in [4.69, 9.17) is 4.74 Å². The van der Waals surface area contributed by atoms with Crippen molar-refractivity contribution >= 4 is 27.5 Å². The molecule has 0 saturated heterocycles. The Hall–Kier alpha value is -3.85. The molecule has 0 unspecified atom stereocenters. The van der Waals surface area contributed by atoms with Crippen LogP contribution in [0.5, 0.6) is 5.75 Å². The highest BCUT2D eigenvalue weighted by molar-refractivity contribution is 7.92. The van der Waals surface area contributed by atoms with Crippen molar-refractivity contribution in [2.24, 2.45) is 0 Å². The van der Waals surface area contributed by atoms with Crippen LogP contribution in [0.4, 0.5) is 5.69 Å². The molecule has 214 valence electrons. The fraction of sp³-hybridized carbons (Fsp3) is 0.355. The maximum atomic E-state index is 14.0. The topological polar surface area (TPSA) is 96.0 Å². The van der Waals surface area contributed by atoms with Crippen molar-refractivity contribution in [3.8, 4) is 5.75 Å². The highest BCUT2D eigenvalue weighted by Crippen LogP contribution is 2.25. The number of carbonyl (C=O) groups excluding carboxylic acids is 2. The average molecular weight is 566 g/mol. The monoisotopic (exact) mass is 565 g/mol. The fourth-order valence-corrected chi connectivity index (χ4v) is 5.51. The molecule has 1 N–H and O–H groups in total. The molecular weight excluding hydrogens is 526 g/mol. The third-order valence-electron chi connectivity index (χ3n) is 6.87. The third-order valence-corrected chi connectivity index (χ3v) is 8.65. The number of hydrogen-bond donors (Lipinski definition) is 1. The normalized spacial score (nSPS) is 12.8. The van der Waals surface area contributed by atoms with E-state index in [9.17, 15) is 18.0 Å². The lowest BCUT2D eigenvalue weighted by Gasteiger charge is -2.32. The van der Waals surface area contributed by atoms with Crippen LogP contribution in [0, 0.1) is 13.8 Å². The summed E-state index contributed by atoms with van der Waals surface area (Å²) in [6, 6.07) is 19.8. The maximum absolute atomic E-state index is 14.0. The average Bonchev–Trinajstić information content (AvgIpc) is 2.94. The van der Waals surface area contributed by atoms with Gasteiger partial charge in [0.15, 0.2) is 0 Å². The third kappa shape index (κ3) is 7.63. The van der Waals surface area contributed by atoms with Gasteiger partial charge < -0.3 is 15.0 Å². The molecule has 3 rings (SSSR count). The molecule has 8 nitrogen and oxygen atoms in total. The maximum Gasteiger partial charge on any atom is 0.264 e. The van der Waals surface area contributed by atoms with E-state index in [1.807, 2.05) is 33.8 Å². The van der Waals surface area contributed by atoms with Crippen LogP contribution >= 0.6 is 0 Å². The van der Waals surface area contributed by atoms with Crippen LogP contribution in [0.15, 0.2) is 77.7 Å². The Morgan fingerprint density at radius 1 is 0.925 bits per heavy atom. The summed E-state index contributed by atoms with van der Waals surface area (Å²) in [6.07, 6.45) is 0.734. The van der Waals surface area contributed by atoms with E-state index >= 15 is 0 Å². The predicted octanol–water partition coefficient (Wildman–Crippen LogP) is 4.84. The number of ether oxygens (including phenoxy) is 1. The lowest BCUT2D eigenvalue weighted by molar-refractivity contribution is -0.139. The number of methoxy groups -OCH3 is 1. The number of anilines is 1. The summed E-state index contributed by atoms with van der Waals surface area (Å²) in [5, 5.41) is 2.94. The van der Waals surface area contributed by atoms with Gasteiger partial charge >= 0.3 is 0 Å². The van der Waals surface area contributed by atoms with Gasteiger partial charge in [0.2, 0.25) is 11.8 Å². The molecule has 0 aromatic heterocycles. The zero-order valence-electron chi connectivity index (χ0n) is 24.0. The lowest BCUT2D eigenvalue weighted by Crippen LogP contribution is -2.52. The first-order chi connectivity index (χ1) is 19.0. The largest absolute Gasteiger partial charge is 0.497 e. The van der Waals surface area contributed by atoms with Gasteiger partial charge in [-0.1, -0.05) is 54.4 Å². The molecule has 0 heterocycles. The summed E-state index contributed by atoms with van der Waals surface area (Å²) >= 11 is 0. The molecule has 0 saturated carbocycles. The second-order valence-electron chi connectivity index (χ2n) is 10.0. The minimum Gasteiger partial charge on any atom is -0.497 e. The van der Waals surface area contributed by atoms with Crippen molar-refractivity contribution in [2.45, 2.75) is 64.6 Å². The van der Waals surface area contributed by atoms with Crippen molar-refractivity contribution in [3.63, 3.8) is 0 Å². The van der Waals surface area contributed by atoms with Gasteiger partial charge in [-0.15, -0.1) is 0 Å². The molecule has 9 heteroatoms. The minimum absolute atomic E-state index is 0.0744. The zero-order valence-corrected chi connectivity index (χ0v) is 24.9. The van der Waals surface area contributed by atoms with Crippen LogP contribution in [-0.2, 0) is 26.2 Å². The molecule has 3 aromatic rings. The lowest BCUT2D eigenvalue weighted by atomic mass is 10.1. The van der Waals surface area contributed by atoms with Gasteiger partial charge in [-0.3, -0.25) is 13.9 Å². The van der Waals surface area contributed by atoms with Crippen LogP contribution in [0.25, 0.3) is 0 Å². The number of nitrogens with zero attached hydrogens (tertiary/aromatic N) is 2. The Bertz CT molecular complexity index is 1410. The quantitative estimate of drug-likeness (QED) is 0.339. The van der Waals surface area contributed by atoms with Crippen LogP contribution < -0.4 is 14.4 Å². The Kier molecular flexibility index (Phi) is 10.3. The molecule has 0 bridgehead atoms. The second-order valence-corrected chi connectivity index (χ2v) is 11.9. The summed E-state index contributed by atoms with van der Waals surface area (Å²) in [4.78, 5) is 28.6. The summed E-state index contributed by atoms with van der Waals surface area (Å²) in [7, 11) is -2.54. The van der Waals surface area contributed by atoms with Crippen molar-refractivity contribution in [3.05, 3.63) is 89.5 Å². The van der Waals surface area contributed by atoms with Gasteiger partial charge in [0.05, 0.1) is 17.7 Å². The van der Waals surface area contributed by atoms with Gasteiger partial charge in [0.1, 0.15) is 18.3 Å². The standard InChI is InChI=1S/C31H39N3O5S/c1-7-24(4)32-31(36)25(5)33(20-26-9-8-10-28(19-26)39-6)30(35)21-34(27-15-11-22(2)12-16-27)40(37,38)29-17-13-23(3)14-18-29/h8-19,24-25H,7,20-21H2,1-6H3,(H,32,36)/t24-,25+/m1/s1. The summed E-state index contributed by atoms with van der Waals surface area (Å²) in [6.45, 7) is 8.90. The summed E-state index contributed by atoms with van der Waals surface area (Å²) < 4.78 is 34.2. The minimum atomic E-state index is -4.10. The molecule has 2 amide bonds. The van der Waals surface area contributed by atoms with Crippen molar-refractivity contribution in [1.82, 2.24) is 10.2 Å². The molecule has 0 aliphatic carbocycles. The van der Waals surface area contributed by atoms with Gasteiger partial charge in [-0.05, 0) is 76.1 Å². The summed E-state index contributed by atoms with van der Waals surface area (Å²) in [5.74, 6) is -0.204. The van der Waals surface area contributed by atoms with E-state index < -0.39 is 28.5 Å². The number of nitrogens with one attached hydrogen (secondary N) is 1. The Morgan fingerprint density at radius 2 is 1.52 bits per heavy atom. The SMILES string of the molecule is CC[C@@H](C)NC(=O)[C@H](C)N(Cc1cccc(OC)c1)C(=O)CN(c1ccc(C)cc1)S(=O)(=O)c1ccc(C)cc1. The van der Waals surface area contributed by atoms with Gasteiger partial charge in [0.25, 0.3) is 10.0 Å². The molecule has 2 atom stereocenters. The van der Waals surface area contributed by atoms with Crippen molar-refractivity contribution < 1.29 is 22.7 Å². The Balaban J connectivity index is 2.03. The van der Waals surface area contributed by atoms with Crippen LogP contribution in [0.2, 0.25) is 0 Å². The molecule has 0 radical (unpaired) electrons. The van der Waals surface area contributed by atoms with E-state index in [1.54, 1.807) is 68.6 Å². The zero-order chi connectivity index (χ0) is 29.4. The highest BCUT2D eigenvalue weighted by Gasteiger charge is 2.32. The van der Waals surface area contributed by atoms with Crippen LogP contribution in [0.3, 0.4) is 0 Å². The Labute approximate surface area is 238 Å². The van der Waals surface area contributed by atoms with Crippen molar-refractivity contribution in [1.29, 1.82) is 0 Å². The van der Waals surface area contributed by atoms with Crippen molar-refractivity contribution in [2.75, 3.05) is 18.0 Å². The smallest absolute Gasteiger partial charge is 0.264 e. The molecule has 0 spiro atoms. The molecule has 3 aromatic carbocycles. The van der Waals surface area contributed by atoms with Crippen LogP contribution in [0.1, 0.15) is 43.9 Å². The first kappa shape index (κ1) is 30.7. The van der Waals surface area contributed by atoms with Gasteiger partial charge in [-0.25, -0.2) is 8.42 Å². The first-order valence-corrected chi connectivity index (χ1v) is 14.8. The molecule has 0 fully saturated rings. The molecule has 0 aliphatic heterocycles. The van der Waals surface area contributed by atoms with E-state index in [0.29, 0.717) is 11.4 Å². The number of sulfonamides is 1. The molecule has 0 aliphatic rings. The van der Waals surface area contributed by atoms with E-state index in [0.717, 1.165) is 27.4 Å². The van der Waals surface area contributed by atoms with E-state index in [2.05, 4.69) is 5.32 Å². The number of carbonyl (C=O) groups is 2. The Morgan fingerprint density at radius 3 is 2.10 bits per heavy atom. The summed E-state index contributed by atoms with van der Waals surface area (Å²) in [5.41, 5.74) is 2.98. The fourth-order valence-electron chi connectivity index (χ4n) is 4.09. The molecular formula is C31H39N3O5S. The number of hydrogen-bond acceptors (Lipinski definition) is 5. The molecule has 40 heavy (non-hydrogen) atoms. The van der Waals surface area contributed by atoms with Gasteiger partial charge in [0, 0.05) is 12.6 Å². The highest BCUT2D eigenvalue weighted by atomic mass is 32.2. The number of benzene rings is 3. The first-order valence-electron chi connectivity index (χ1n) is 13.3. The number of amides is 2. The second kappa shape index (κ2) is 13.5. The van der Waals surface area contributed by atoms with E-state index in [1.165, 1.54) is 17.0 Å². The predicted molar refractivity (Wildman–Crippen MR) is 158 cm³/mol. The van der Waals surface area contributed by atoms with E-state index in [-0.39, 0.29) is 23.4 Å². The van der Waals surface area contributed by atoms with Crippen LogP contribution in [-0.4, -0.2) is 50.9 Å². The number of rotatable bonds is 12.